The molecule has 0 aliphatic carbocycles. The summed E-state index contributed by atoms with van der Waals surface area (Å²) in [6.07, 6.45) is 0. The third-order valence-electron chi connectivity index (χ3n) is 5.52. The van der Waals surface area contributed by atoms with Crippen LogP contribution in [0.3, 0.4) is 0 Å². The Bertz CT molecular complexity index is 1410. The fraction of sp³-hybridized carbons (Fsp3) is 0.200. The fourth-order valence-corrected chi connectivity index (χ4v) is 5.09. The molecule has 36 heavy (non-hydrogen) atoms. The first kappa shape index (κ1) is 25.0. The summed E-state index contributed by atoms with van der Waals surface area (Å²) in [4.78, 5) is 24.9. The highest BCUT2D eigenvalue weighted by Gasteiger charge is 2.29. The number of fused-ring (bicyclic) bond motifs is 1. The molecule has 0 atom stereocenters. The lowest BCUT2D eigenvalue weighted by Crippen LogP contribution is -2.38. The zero-order chi connectivity index (χ0) is 25.9. The minimum atomic E-state index is -4.28. The molecule has 1 heterocycles. The van der Waals surface area contributed by atoms with Gasteiger partial charge in [0.15, 0.2) is 11.5 Å². The van der Waals surface area contributed by atoms with E-state index in [1.165, 1.54) is 37.4 Å². The molecule has 188 valence electrons. The number of nitrogens with one attached hydrogen (secondary N) is 1. The summed E-state index contributed by atoms with van der Waals surface area (Å²) in [5.41, 5.74) is 1.12. The van der Waals surface area contributed by atoms with Crippen molar-refractivity contribution in [3.63, 3.8) is 0 Å². The van der Waals surface area contributed by atoms with Gasteiger partial charge in [0, 0.05) is 11.8 Å². The van der Waals surface area contributed by atoms with E-state index in [4.69, 9.17) is 14.2 Å². The van der Waals surface area contributed by atoms with Gasteiger partial charge in [-0.3, -0.25) is 9.10 Å². The molecule has 11 heteroatoms. The number of carbonyl (C=O) groups is 2. The summed E-state index contributed by atoms with van der Waals surface area (Å²) in [5.74, 6) is -1.13. The Balaban J connectivity index is 1.66. The van der Waals surface area contributed by atoms with E-state index in [1.54, 1.807) is 25.1 Å². The molecule has 0 saturated heterocycles. The summed E-state index contributed by atoms with van der Waals surface area (Å²) < 4.78 is 57.4. The summed E-state index contributed by atoms with van der Waals surface area (Å²) in [6.45, 7) is 1.62. The third kappa shape index (κ3) is 5.10. The van der Waals surface area contributed by atoms with Gasteiger partial charge >= 0.3 is 5.97 Å². The second kappa shape index (κ2) is 10.2. The molecule has 1 N–H and O–H groups in total. The third-order valence-corrected chi connectivity index (χ3v) is 7.29. The van der Waals surface area contributed by atoms with Gasteiger partial charge in [0.05, 0.1) is 23.3 Å². The van der Waals surface area contributed by atoms with Crippen molar-refractivity contribution in [1.82, 2.24) is 0 Å². The number of sulfonamides is 1. The van der Waals surface area contributed by atoms with Gasteiger partial charge in [0.25, 0.3) is 10.0 Å². The largest absolute Gasteiger partial charge is 0.486 e. The van der Waals surface area contributed by atoms with Crippen LogP contribution in [0.4, 0.5) is 15.8 Å². The summed E-state index contributed by atoms with van der Waals surface area (Å²) in [5, 5.41) is 2.64. The van der Waals surface area contributed by atoms with E-state index in [2.05, 4.69) is 5.32 Å². The van der Waals surface area contributed by atoms with Crippen molar-refractivity contribution in [1.29, 1.82) is 0 Å². The van der Waals surface area contributed by atoms with Gasteiger partial charge in [-0.1, -0.05) is 6.07 Å². The number of anilines is 2. The number of ether oxygens (including phenoxy) is 3. The first-order valence-electron chi connectivity index (χ1n) is 10.9. The Labute approximate surface area is 207 Å². The van der Waals surface area contributed by atoms with Gasteiger partial charge < -0.3 is 19.5 Å². The van der Waals surface area contributed by atoms with E-state index in [0.29, 0.717) is 23.6 Å². The van der Waals surface area contributed by atoms with E-state index in [9.17, 15) is 22.4 Å². The lowest BCUT2D eigenvalue weighted by atomic mass is 10.1. The van der Waals surface area contributed by atoms with Crippen LogP contribution in [0.1, 0.15) is 15.9 Å². The monoisotopic (exact) mass is 514 g/mol. The van der Waals surface area contributed by atoms with Crippen LogP contribution < -0.4 is 19.1 Å². The van der Waals surface area contributed by atoms with E-state index >= 15 is 0 Å². The number of esters is 1. The molecule has 0 bridgehead atoms. The molecular formula is C25H23FN2O7S. The second-order valence-electron chi connectivity index (χ2n) is 7.81. The topological polar surface area (TPSA) is 111 Å². The molecule has 3 aromatic carbocycles. The highest BCUT2D eigenvalue weighted by atomic mass is 32.2. The SMILES string of the molecule is COC(=O)c1cccc(NC(=O)CN(c2ccc(F)cc2)S(=O)(=O)c2ccc3c(c2)OCCO3)c1C. The smallest absolute Gasteiger partial charge is 0.338 e. The van der Waals surface area contributed by atoms with Crippen LogP contribution in [0.15, 0.2) is 65.6 Å². The predicted molar refractivity (Wildman–Crippen MR) is 130 cm³/mol. The van der Waals surface area contributed by atoms with Crippen LogP contribution in [0.5, 0.6) is 11.5 Å². The molecule has 0 spiro atoms. The van der Waals surface area contributed by atoms with Gasteiger partial charge in [-0.15, -0.1) is 0 Å². The number of benzene rings is 3. The van der Waals surface area contributed by atoms with E-state index in [-0.39, 0.29) is 28.5 Å². The fourth-order valence-electron chi connectivity index (χ4n) is 3.66. The highest BCUT2D eigenvalue weighted by molar-refractivity contribution is 7.92. The minimum absolute atomic E-state index is 0.0847. The van der Waals surface area contributed by atoms with Crippen LogP contribution in [0.25, 0.3) is 0 Å². The molecule has 1 aliphatic rings. The molecule has 0 unspecified atom stereocenters. The number of carbonyl (C=O) groups excluding carboxylic acids is 2. The number of methoxy groups -OCH3 is 1. The zero-order valence-corrected chi connectivity index (χ0v) is 20.3. The molecule has 1 amide bonds. The van der Waals surface area contributed by atoms with Crippen molar-refractivity contribution in [2.75, 3.05) is 36.5 Å². The van der Waals surface area contributed by atoms with Gasteiger partial charge in [0.2, 0.25) is 5.91 Å². The standard InChI is InChI=1S/C25H23FN2O7S/c1-16-20(25(30)33-2)4-3-5-21(16)27-24(29)15-28(18-8-6-17(26)7-9-18)36(31,32)19-10-11-22-23(14-19)35-13-12-34-22/h3-11,14H,12-13,15H2,1-2H3,(H,27,29). The van der Waals surface area contributed by atoms with Crippen molar-refractivity contribution in [3.8, 4) is 11.5 Å². The minimum Gasteiger partial charge on any atom is -0.486 e. The Kier molecular flexibility index (Phi) is 7.11. The Morgan fingerprint density at radius 3 is 2.42 bits per heavy atom. The van der Waals surface area contributed by atoms with Gasteiger partial charge in [-0.25, -0.2) is 17.6 Å². The maximum absolute atomic E-state index is 13.6. The number of rotatable bonds is 7. The number of halogens is 1. The normalized spacial score (nSPS) is 12.5. The van der Waals surface area contributed by atoms with Crippen LogP contribution in [-0.2, 0) is 19.6 Å². The van der Waals surface area contributed by atoms with Crippen LogP contribution in [0.2, 0.25) is 0 Å². The maximum atomic E-state index is 13.6. The van der Waals surface area contributed by atoms with E-state index < -0.39 is 34.3 Å². The number of amides is 1. The van der Waals surface area contributed by atoms with Crippen LogP contribution in [-0.4, -0.2) is 47.2 Å². The first-order chi connectivity index (χ1) is 17.2. The molecule has 0 aromatic heterocycles. The lowest BCUT2D eigenvalue weighted by molar-refractivity contribution is -0.114. The molecule has 1 aliphatic heterocycles. The van der Waals surface area contributed by atoms with Crippen LogP contribution in [0, 0.1) is 12.7 Å². The molecule has 0 radical (unpaired) electrons. The maximum Gasteiger partial charge on any atom is 0.338 e. The molecule has 0 saturated carbocycles. The average molecular weight is 515 g/mol. The van der Waals surface area contributed by atoms with Gasteiger partial charge in [0.1, 0.15) is 25.6 Å². The number of nitrogens with zero attached hydrogens (tertiary/aromatic N) is 1. The molecule has 4 rings (SSSR count). The van der Waals surface area contributed by atoms with Crippen molar-refractivity contribution in [2.45, 2.75) is 11.8 Å². The Hall–Kier alpha value is -4.12. The van der Waals surface area contributed by atoms with Crippen molar-refractivity contribution >= 4 is 33.3 Å². The number of hydrogen-bond acceptors (Lipinski definition) is 7. The molecule has 0 fully saturated rings. The quantitative estimate of drug-likeness (QED) is 0.480. The molecule has 3 aromatic rings. The van der Waals surface area contributed by atoms with Gasteiger partial charge in [-0.2, -0.15) is 0 Å². The first-order valence-corrected chi connectivity index (χ1v) is 12.3. The average Bonchev–Trinajstić information content (AvgIpc) is 2.88. The van der Waals surface area contributed by atoms with Crippen molar-refractivity contribution < 1.29 is 36.6 Å². The molecule has 9 nitrogen and oxygen atoms in total. The summed E-state index contributed by atoms with van der Waals surface area (Å²) in [6, 6.07) is 13.6. The second-order valence-corrected chi connectivity index (χ2v) is 9.67. The molecular weight excluding hydrogens is 491 g/mol. The zero-order valence-electron chi connectivity index (χ0n) is 19.5. The van der Waals surface area contributed by atoms with Crippen LogP contribution >= 0.6 is 0 Å². The van der Waals surface area contributed by atoms with Crippen molar-refractivity contribution in [2.24, 2.45) is 0 Å². The summed E-state index contributed by atoms with van der Waals surface area (Å²) >= 11 is 0. The van der Waals surface area contributed by atoms with Crippen molar-refractivity contribution in [3.05, 3.63) is 77.6 Å². The van der Waals surface area contributed by atoms with Gasteiger partial charge in [-0.05, 0) is 61.0 Å². The predicted octanol–water partition coefficient (Wildman–Crippen LogP) is 3.53. The Morgan fingerprint density at radius 2 is 1.72 bits per heavy atom. The Morgan fingerprint density at radius 1 is 1.03 bits per heavy atom. The van der Waals surface area contributed by atoms with E-state index in [0.717, 1.165) is 16.4 Å². The summed E-state index contributed by atoms with van der Waals surface area (Å²) in [7, 11) is -3.04. The van der Waals surface area contributed by atoms with E-state index in [1.807, 2.05) is 0 Å². The highest BCUT2D eigenvalue weighted by Crippen LogP contribution is 2.34. The number of hydrogen-bond donors (Lipinski definition) is 1. The lowest BCUT2D eigenvalue weighted by Gasteiger charge is -2.25.